The lowest BCUT2D eigenvalue weighted by atomic mass is 9.90. The Kier molecular flexibility index (Phi) is 6.59. The van der Waals surface area contributed by atoms with E-state index >= 15 is 0 Å². The monoisotopic (exact) mass is 442 g/mol. The molecule has 0 unspecified atom stereocenters. The normalized spacial score (nSPS) is 22.5. The summed E-state index contributed by atoms with van der Waals surface area (Å²) < 4.78 is 45.2. The first-order valence-corrected chi connectivity index (χ1v) is 9.75. The minimum Gasteiger partial charge on any atom is -0.486 e. The largest absolute Gasteiger partial charge is 0.486 e. The summed E-state index contributed by atoms with van der Waals surface area (Å²) in [5.74, 6) is -0.0899. The zero-order valence-corrected chi connectivity index (χ0v) is 17.0. The number of likely N-dealkylation sites (tertiary alicyclic amines) is 1. The van der Waals surface area contributed by atoms with Gasteiger partial charge in [0.25, 0.3) is 0 Å². The number of hydrogen-bond acceptors (Lipinski definition) is 4. The first-order valence-electron chi connectivity index (χ1n) is 9.37. The van der Waals surface area contributed by atoms with Crippen molar-refractivity contribution in [1.29, 1.82) is 0 Å². The van der Waals surface area contributed by atoms with Gasteiger partial charge in [-0.25, -0.2) is 0 Å². The number of benzene rings is 2. The molecule has 30 heavy (non-hydrogen) atoms. The number of anilines is 1. The highest BCUT2D eigenvalue weighted by atomic mass is 35.5. The van der Waals surface area contributed by atoms with Crippen molar-refractivity contribution in [2.24, 2.45) is 0 Å². The molecule has 5 nitrogen and oxygen atoms in total. The summed E-state index contributed by atoms with van der Waals surface area (Å²) in [6.45, 7) is 2.15. The molecule has 2 N–H and O–H groups in total. The summed E-state index contributed by atoms with van der Waals surface area (Å²) in [5, 5.41) is 13.5. The van der Waals surface area contributed by atoms with Crippen LogP contribution in [0.25, 0.3) is 0 Å². The third kappa shape index (κ3) is 5.65. The average molecular weight is 443 g/mol. The molecular weight excluding hydrogens is 421 g/mol. The highest BCUT2D eigenvalue weighted by molar-refractivity contribution is 6.30. The minimum atomic E-state index is -4.57. The molecule has 1 aliphatic rings. The molecule has 0 aromatic heterocycles. The SMILES string of the molecule is C[C@]1(O)CCN(CC(=O)Nc2ccccc2C(F)(F)F)C[C@@H]1Oc1cccc(Cl)c1. The van der Waals surface area contributed by atoms with Crippen LogP contribution in [0.2, 0.25) is 5.02 Å². The van der Waals surface area contributed by atoms with E-state index in [1.54, 1.807) is 36.1 Å². The van der Waals surface area contributed by atoms with E-state index in [9.17, 15) is 23.1 Å². The number of amides is 1. The van der Waals surface area contributed by atoms with Gasteiger partial charge in [-0.2, -0.15) is 13.2 Å². The summed E-state index contributed by atoms with van der Waals surface area (Å²) in [5.41, 5.74) is -2.31. The topological polar surface area (TPSA) is 61.8 Å². The van der Waals surface area contributed by atoms with Gasteiger partial charge in [-0.3, -0.25) is 9.69 Å². The first kappa shape index (κ1) is 22.4. The summed E-state index contributed by atoms with van der Waals surface area (Å²) in [6, 6.07) is 11.6. The number of aliphatic hydroxyl groups is 1. The number of rotatable bonds is 5. The van der Waals surface area contributed by atoms with Crippen molar-refractivity contribution in [2.45, 2.75) is 31.2 Å². The van der Waals surface area contributed by atoms with E-state index in [2.05, 4.69) is 5.32 Å². The number of carbonyl (C=O) groups excluding carboxylic acids is 1. The zero-order valence-electron chi connectivity index (χ0n) is 16.2. The third-order valence-electron chi connectivity index (χ3n) is 5.00. The van der Waals surface area contributed by atoms with E-state index in [4.69, 9.17) is 16.3 Å². The van der Waals surface area contributed by atoms with Crippen LogP contribution in [-0.4, -0.2) is 47.3 Å². The number of halogens is 4. The van der Waals surface area contributed by atoms with Crippen molar-refractivity contribution in [1.82, 2.24) is 4.90 Å². The molecule has 1 fully saturated rings. The maximum atomic E-state index is 13.1. The molecule has 2 aromatic rings. The van der Waals surface area contributed by atoms with Crippen molar-refractivity contribution in [3.05, 3.63) is 59.1 Å². The predicted octanol–water partition coefficient (Wildman–Crippen LogP) is 4.20. The molecule has 1 amide bonds. The van der Waals surface area contributed by atoms with Gasteiger partial charge < -0.3 is 15.2 Å². The van der Waals surface area contributed by atoms with Crippen molar-refractivity contribution < 1.29 is 27.8 Å². The summed E-state index contributed by atoms with van der Waals surface area (Å²) in [7, 11) is 0. The fourth-order valence-electron chi connectivity index (χ4n) is 3.31. The number of nitrogens with one attached hydrogen (secondary N) is 1. The van der Waals surface area contributed by atoms with Crippen LogP contribution in [0.3, 0.4) is 0 Å². The van der Waals surface area contributed by atoms with Crippen LogP contribution in [-0.2, 0) is 11.0 Å². The second-order valence-electron chi connectivity index (χ2n) is 7.50. The van der Waals surface area contributed by atoms with Crippen LogP contribution < -0.4 is 10.1 Å². The van der Waals surface area contributed by atoms with Gasteiger partial charge in [-0.15, -0.1) is 0 Å². The van der Waals surface area contributed by atoms with Crippen molar-refractivity contribution in [3.63, 3.8) is 0 Å². The molecule has 3 rings (SSSR count). The molecular formula is C21H22ClF3N2O3. The molecule has 0 radical (unpaired) electrons. The number of alkyl halides is 3. The number of para-hydroxylation sites is 1. The molecule has 2 aromatic carbocycles. The van der Waals surface area contributed by atoms with E-state index < -0.39 is 29.4 Å². The Bertz CT molecular complexity index is 905. The summed E-state index contributed by atoms with van der Waals surface area (Å²) in [4.78, 5) is 14.1. The van der Waals surface area contributed by atoms with E-state index in [-0.39, 0.29) is 18.8 Å². The third-order valence-corrected chi connectivity index (χ3v) is 5.24. The smallest absolute Gasteiger partial charge is 0.418 e. The Morgan fingerprint density at radius 1 is 1.30 bits per heavy atom. The highest BCUT2D eigenvalue weighted by Gasteiger charge is 2.40. The Balaban J connectivity index is 1.65. The van der Waals surface area contributed by atoms with Crippen molar-refractivity contribution in [2.75, 3.05) is 25.0 Å². The summed E-state index contributed by atoms with van der Waals surface area (Å²) in [6.07, 6.45) is -4.87. The minimum absolute atomic E-state index is 0.127. The van der Waals surface area contributed by atoms with Gasteiger partial charge in [0.15, 0.2) is 0 Å². The molecule has 0 aliphatic carbocycles. The van der Waals surface area contributed by atoms with Gasteiger partial charge in [0.2, 0.25) is 5.91 Å². The standard InChI is InChI=1S/C21H22ClF3N2O3/c1-20(29)9-10-27(12-18(20)30-15-6-4-5-14(22)11-15)13-19(28)26-17-8-3-2-7-16(17)21(23,24)25/h2-8,11,18,29H,9-10,12-13H2,1H3,(H,26,28)/t18-,20-/m0/s1. The Morgan fingerprint density at radius 2 is 2.03 bits per heavy atom. The maximum absolute atomic E-state index is 13.1. The van der Waals surface area contributed by atoms with Crippen LogP contribution in [0.1, 0.15) is 18.9 Å². The van der Waals surface area contributed by atoms with E-state index in [1.165, 1.54) is 18.2 Å². The van der Waals surface area contributed by atoms with E-state index in [0.29, 0.717) is 23.7 Å². The van der Waals surface area contributed by atoms with Gasteiger partial charge in [-0.05, 0) is 43.7 Å². The van der Waals surface area contributed by atoms with Gasteiger partial charge >= 0.3 is 6.18 Å². The van der Waals surface area contributed by atoms with Gasteiger partial charge in [-0.1, -0.05) is 29.8 Å². The molecule has 2 atom stereocenters. The summed E-state index contributed by atoms with van der Waals surface area (Å²) >= 11 is 5.97. The Hall–Kier alpha value is -2.29. The van der Waals surface area contributed by atoms with Crippen LogP contribution in [0.4, 0.5) is 18.9 Å². The lowest BCUT2D eigenvalue weighted by Crippen LogP contribution is -2.57. The molecule has 0 spiro atoms. The van der Waals surface area contributed by atoms with Gasteiger partial charge in [0.1, 0.15) is 17.5 Å². The van der Waals surface area contributed by atoms with Crippen LogP contribution in [0.5, 0.6) is 5.75 Å². The molecule has 9 heteroatoms. The lowest BCUT2D eigenvalue weighted by molar-refractivity contribution is -0.137. The molecule has 1 saturated heterocycles. The Morgan fingerprint density at radius 3 is 2.73 bits per heavy atom. The molecule has 162 valence electrons. The quantitative estimate of drug-likeness (QED) is 0.728. The number of nitrogens with zero attached hydrogens (tertiary/aromatic N) is 1. The molecule has 0 bridgehead atoms. The second-order valence-corrected chi connectivity index (χ2v) is 7.93. The van der Waals surface area contributed by atoms with Crippen LogP contribution in [0.15, 0.2) is 48.5 Å². The second kappa shape index (κ2) is 8.83. The van der Waals surface area contributed by atoms with Crippen molar-refractivity contribution in [3.8, 4) is 5.75 Å². The van der Waals surface area contributed by atoms with Crippen LogP contribution in [0, 0.1) is 0 Å². The maximum Gasteiger partial charge on any atom is 0.418 e. The Labute approximate surface area is 177 Å². The van der Waals surface area contributed by atoms with Gasteiger partial charge in [0.05, 0.1) is 17.8 Å². The van der Waals surface area contributed by atoms with Crippen molar-refractivity contribution >= 4 is 23.2 Å². The number of ether oxygens (including phenoxy) is 1. The van der Waals surface area contributed by atoms with E-state index in [0.717, 1.165) is 6.07 Å². The first-order chi connectivity index (χ1) is 14.0. The number of hydrogen-bond donors (Lipinski definition) is 2. The fraction of sp³-hybridized carbons (Fsp3) is 0.381. The zero-order chi connectivity index (χ0) is 21.9. The number of piperidine rings is 1. The highest BCUT2D eigenvalue weighted by Crippen LogP contribution is 2.34. The molecule has 0 saturated carbocycles. The average Bonchev–Trinajstić information content (AvgIpc) is 2.64. The van der Waals surface area contributed by atoms with E-state index in [1.807, 2.05) is 0 Å². The number of carbonyl (C=O) groups is 1. The fourth-order valence-corrected chi connectivity index (χ4v) is 3.49. The molecule has 1 aliphatic heterocycles. The molecule has 1 heterocycles. The lowest BCUT2D eigenvalue weighted by Gasteiger charge is -2.42. The predicted molar refractivity (Wildman–Crippen MR) is 108 cm³/mol. The van der Waals surface area contributed by atoms with Crippen LogP contribution >= 0.6 is 11.6 Å². The van der Waals surface area contributed by atoms with Gasteiger partial charge in [0, 0.05) is 18.1 Å².